The molecule has 1 fully saturated rings. The Balaban J connectivity index is 1.65. The smallest absolute Gasteiger partial charge is 0.305 e. The zero-order valence-electron chi connectivity index (χ0n) is 15.2. The molecule has 0 unspecified atom stereocenters. The summed E-state index contributed by atoms with van der Waals surface area (Å²) in [4.78, 5) is 37.7. The van der Waals surface area contributed by atoms with Gasteiger partial charge in [-0.2, -0.15) is 0 Å². The van der Waals surface area contributed by atoms with Crippen LogP contribution in [-0.2, 0) is 20.9 Å². The average molecular weight is 384 g/mol. The third-order valence-corrected chi connectivity index (χ3v) is 4.77. The molecular formula is C21H21FN2O4. The van der Waals surface area contributed by atoms with Crippen molar-refractivity contribution in [2.24, 2.45) is 5.92 Å². The lowest BCUT2D eigenvalue weighted by atomic mass is 10.0. The second kappa shape index (κ2) is 8.65. The molecule has 7 heteroatoms. The van der Waals surface area contributed by atoms with E-state index in [0.717, 1.165) is 5.56 Å². The van der Waals surface area contributed by atoms with Gasteiger partial charge in [0, 0.05) is 19.5 Å². The predicted octanol–water partition coefficient (Wildman–Crippen LogP) is 2.51. The Kier molecular flexibility index (Phi) is 6.03. The highest BCUT2D eigenvalue weighted by atomic mass is 19.1. The van der Waals surface area contributed by atoms with Gasteiger partial charge in [0.25, 0.3) is 0 Å². The molecule has 1 saturated heterocycles. The van der Waals surface area contributed by atoms with E-state index in [9.17, 15) is 18.8 Å². The summed E-state index contributed by atoms with van der Waals surface area (Å²) >= 11 is 0. The van der Waals surface area contributed by atoms with Crippen molar-refractivity contribution >= 4 is 17.8 Å². The number of carbonyl (C=O) groups excluding carboxylic acids is 2. The lowest BCUT2D eigenvalue weighted by Crippen LogP contribution is -2.36. The highest BCUT2D eigenvalue weighted by molar-refractivity contribution is 5.89. The van der Waals surface area contributed by atoms with Gasteiger partial charge in [-0.1, -0.05) is 42.5 Å². The van der Waals surface area contributed by atoms with E-state index in [0.29, 0.717) is 12.1 Å². The van der Waals surface area contributed by atoms with Crippen LogP contribution in [0.4, 0.5) is 4.39 Å². The summed E-state index contributed by atoms with van der Waals surface area (Å²) in [6.45, 7) is 0.711. The summed E-state index contributed by atoms with van der Waals surface area (Å²) < 4.78 is 13.1. The third-order valence-electron chi connectivity index (χ3n) is 4.77. The second-order valence-corrected chi connectivity index (χ2v) is 6.87. The first kappa shape index (κ1) is 19.5. The lowest BCUT2D eigenvalue weighted by Gasteiger charge is -2.20. The second-order valence-electron chi connectivity index (χ2n) is 6.87. The van der Waals surface area contributed by atoms with Gasteiger partial charge in [-0.15, -0.1) is 0 Å². The number of likely N-dealkylation sites (tertiary alicyclic amines) is 1. The Labute approximate surface area is 162 Å². The van der Waals surface area contributed by atoms with Gasteiger partial charge in [-0.25, -0.2) is 4.39 Å². The van der Waals surface area contributed by atoms with Crippen LogP contribution in [0.15, 0.2) is 54.6 Å². The van der Waals surface area contributed by atoms with Crippen LogP contribution in [0, 0.1) is 11.7 Å². The van der Waals surface area contributed by atoms with Crippen LogP contribution in [0.1, 0.15) is 30.0 Å². The summed E-state index contributed by atoms with van der Waals surface area (Å²) in [6, 6.07) is 14.0. The molecule has 0 spiro atoms. The minimum atomic E-state index is -1.08. The molecule has 0 aliphatic carbocycles. The van der Waals surface area contributed by atoms with E-state index in [2.05, 4.69) is 5.32 Å². The molecule has 0 saturated carbocycles. The van der Waals surface area contributed by atoms with Gasteiger partial charge in [0.05, 0.1) is 18.4 Å². The predicted molar refractivity (Wildman–Crippen MR) is 99.5 cm³/mol. The first-order valence-corrected chi connectivity index (χ1v) is 9.01. The van der Waals surface area contributed by atoms with Crippen LogP contribution in [0.25, 0.3) is 0 Å². The standard InChI is InChI=1S/C21H21FN2O4/c22-17-8-6-15(7-9-17)18(11-20(26)27)23-21(28)16-10-19(25)24(13-16)12-14-4-2-1-3-5-14/h1-9,16,18H,10-13H2,(H,23,28)(H,26,27)/t16-,18-/m0/s1. The van der Waals surface area contributed by atoms with Gasteiger partial charge in [0.2, 0.25) is 11.8 Å². The molecule has 2 aromatic rings. The number of carboxylic acids is 1. The zero-order valence-corrected chi connectivity index (χ0v) is 15.2. The monoisotopic (exact) mass is 384 g/mol. The number of hydrogen-bond donors (Lipinski definition) is 2. The van der Waals surface area contributed by atoms with E-state index < -0.39 is 23.7 Å². The van der Waals surface area contributed by atoms with Crippen LogP contribution in [0.2, 0.25) is 0 Å². The number of hydrogen-bond acceptors (Lipinski definition) is 3. The molecular weight excluding hydrogens is 363 g/mol. The molecule has 28 heavy (non-hydrogen) atoms. The molecule has 146 valence electrons. The zero-order chi connectivity index (χ0) is 20.1. The molecule has 0 bridgehead atoms. The highest BCUT2D eigenvalue weighted by Gasteiger charge is 2.35. The Bertz CT molecular complexity index is 854. The van der Waals surface area contributed by atoms with Gasteiger partial charge >= 0.3 is 5.97 Å². The van der Waals surface area contributed by atoms with Crippen LogP contribution in [0.5, 0.6) is 0 Å². The van der Waals surface area contributed by atoms with Crippen LogP contribution < -0.4 is 5.32 Å². The fraction of sp³-hybridized carbons (Fsp3) is 0.286. The van der Waals surface area contributed by atoms with Crippen molar-refractivity contribution in [1.29, 1.82) is 0 Å². The molecule has 1 heterocycles. The van der Waals surface area contributed by atoms with E-state index in [1.807, 2.05) is 30.3 Å². The first-order valence-electron chi connectivity index (χ1n) is 9.01. The summed E-state index contributed by atoms with van der Waals surface area (Å²) in [6.07, 6.45) is -0.242. The fourth-order valence-corrected chi connectivity index (χ4v) is 3.32. The molecule has 3 rings (SSSR count). The molecule has 1 aliphatic heterocycles. The van der Waals surface area contributed by atoms with Crippen LogP contribution in [-0.4, -0.2) is 34.3 Å². The largest absolute Gasteiger partial charge is 0.481 e. The van der Waals surface area contributed by atoms with Crippen molar-refractivity contribution in [3.63, 3.8) is 0 Å². The van der Waals surface area contributed by atoms with Crippen molar-refractivity contribution < 1.29 is 23.9 Å². The SMILES string of the molecule is O=C(O)C[C@H](NC(=O)[C@H]1CC(=O)N(Cc2ccccc2)C1)c1ccc(F)cc1. The maximum absolute atomic E-state index is 13.1. The Morgan fingerprint density at radius 3 is 2.46 bits per heavy atom. The molecule has 0 radical (unpaired) electrons. The van der Waals surface area contributed by atoms with Crippen LogP contribution >= 0.6 is 0 Å². The molecule has 2 aromatic carbocycles. The number of rotatable bonds is 7. The molecule has 2 N–H and O–H groups in total. The fourth-order valence-electron chi connectivity index (χ4n) is 3.32. The van der Waals surface area contributed by atoms with E-state index in [1.165, 1.54) is 24.3 Å². The van der Waals surface area contributed by atoms with Crippen molar-refractivity contribution in [1.82, 2.24) is 10.2 Å². The number of halogens is 1. The van der Waals surface area contributed by atoms with E-state index in [-0.39, 0.29) is 31.2 Å². The van der Waals surface area contributed by atoms with Crippen molar-refractivity contribution in [3.8, 4) is 0 Å². The number of amides is 2. The topological polar surface area (TPSA) is 86.7 Å². The number of nitrogens with zero attached hydrogens (tertiary/aromatic N) is 1. The Morgan fingerprint density at radius 1 is 1.14 bits per heavy atom. The number of carboxylic acid groups (broad SMARTS) is 1. The maximum Gasteiger partial charge on any atom is 0.305 e. The van der Waals surface area contributed by atoms with E-state index in [4.69, 9.17) is 5.11 Å². The normalized spacial score (nSPS) is 17.4. The Hall–Kier alpha value is -3.22. The first-order chi connectivity index (χ1) is 13.4. The molecule has 2 amide bonds. The number of aliphatic carboxylic acids is 1. The van der Waals surface area contributed by atoms with E-state index >= 15 is 0 Å². The molecule has 2 atom stereocenters. The van der Waals surface area contributed by atoms with Gasteiger partial charge in [-0.3, -0.25) is 14.4 Å². The summed E-state index contributed by atoms with van der Waals surface area (Å²) in [7, 11) is 0. The van der Waals surface area contributed by atoms with Crippen molar-refractivity contribution in [2.45, 2.75) is 25.4 Å². The van der Waals surface area contributed by atoms with Gasteiger partial charge in [-0.05, 0) is 23.3 Å². The van der Waals surface area contributed by atoms with Gasteiger partial charge < -0.3 is 15.3 Å². The molecule has 6 nitrogen and oxygen atoms in total. The highest BCUT2D eigenvalue weighted by Crippen LogP contribution is 2.23. The summed E-state index contributed by atoms with van der Waals surface area (Å²) in [5, 5.41) is 11.8. The van der Waals surface area contributed by atoms with Crippen LogP contribution in [0.3, 0.4) is 0 Å². The quantitative estimate of drug-likeness (QED) is 0.768. The van der Waals surface area contributed by atoms with E-state index in [1.54, 1.807) is 4.90 Å². The van der Waals surface area contributed by atoms with Gasteiger partial charge in [0.15, 0.2) is 0 Å². The minimum Gasteiger partial charge on any atom is -0.481 e. The number of benzene rings is 2. The summed E-state index contributed by atoms with van der Waals surface area (Å²) in [5.74, 6) is -2.56. The van der Waals surface area contributed by atoms with Crippen molar-refractivity contribution in [3.05, 3.63) is 71.5 Å². The molecule has 1 aliphatic rings. The Morgan fingerprint density at radius 2 is 1.82 bits per heavy atom. The lowest BCUT2D eigenvalue weighted by molar-refractivity contribution is -0.138. The third kappa shape index (κ3) is 4.94. The minimum absolute atomic E-state index is 0.0852. The summed E-state index contributed by atoms with van der Waals surface area (Å²) in [5.41, 5.74) is 1.48. The van der Waals surface area contributed by atoms with Crippen molar-refractivity contribution in [2.75, 3.05) is 6.54 Å². The average Bonchev–Trinajstić information content (AvgIpc) is 3.03. The number of carbonyl (C=O) groups is 3. The number of nitrogens with one attached hydrogen (secondary N) is 1. The van der Waals surface area contributed by atoms with Gasteiger partial charge in [0.1, 0.15) is 5.82 Å². The maximum atomic E-state index is 13.1. The molecule has 0 aromatic heterocycles.